The van der Waals surface area contributed by atoms with Crippen molar-refractivity contribution in [3.63, 3.8) is 0 Å². The summed E-state index contributed by atoms with van der Waals surface area (Å²) in [5, 5.41) is 9.60. The van der Waals surface area contributed by atoms with Gasteiger partial charge in [0.25, 0.3) is 0 Å². The van der Waals surface area contributed by atoms with Crippen molar-refractivity contribution in [1.29, 1.82) is 0 Å². The van der Waals surface area contributed by atoms with Crippen LogP contribution in [0, 0.1) is 11.8 Å². The van der Waals surface area contributed by atoms with Crippen LogP contribution in [0.3, 0.4) is 0 Å². The second-order valence-electron chi connectivity index (χ2n) is 7.72. The molecule has 1 saturated carbocycles. The molecule has 1 rings (SSSR count). The Bertz CT molecular complexity index is 414. The van der Waals surface area contributed by atoms with Crippen molar-refractivity contribution < 1.29 is 14.6 Å². The topological polar surface area (TPSA) is 46.5 Å². The van der Waals surface area contributed by atoms with Gasteiger partial charge < -0.3 is 9.84 Å². The maximum atomic E-state index is 11.3. The summed E-state index contributed by atoms with van der Waals surface area (Å²) in [6.07, 6.45) is 22.7. The van der Waals surface area contributed by atoms with Crippen LogP contribution in [0.4, 0.5) is 0 Å². The number of hydrogen-bond donors (Lipinski definition) is 1. The van der Waals surface area contributed by atoms with Crippen LogP contribution >= 0.6 is 0 Å². The average Bonchev–Trinajstić information content (AvgIpc) is 2.85. The molecule has 0 radical (unpaired) electrons. The van der Waals surface area contributed by atoms with Crippen LogP contribution in [0.25, 0.3) is 0 Å². The second kappa shape index (κ2) is 15.0. The Balaban J connectivity index is 2.42. The standard InChI is InChI=1S/C23H40O3/c1-3-4-5-6-7-11-17-23(26-20(2)25)18-13-12-15-21-14-9-8-10-16-22(21)19-24/h12-13,15,18,21-24H,3-11,14,16-17,19H2,1-2H3/t21-,22+,23?/m1/s1. The molecule has 3 nitrogen and oxygen atoms in total. The molecule has 0 bridgehead atoms. The predicted octanol–water partition coefficient (Wildman–Crippen LogP) is 5.97. The van der Waals surface area contributed by atoms with Crippen LogP contribution in [-0.2, 0) is 9.53 Å². The highest BCUT2D eigenvalue weighted by Crippen LogP contribution is 2.29. The van der Waals surface area contributed by atoms with E-state index < -0.39 is 0 Å². The zero-order chi connectivity index (χ0) is 19.0. The minimum absolute atomic E-state index is 0.119. The Hall–Kier alpha value is -1.09. The first kappa shape index (κ1) is 23.0. The Kier molecular flexibility index (Phi) is 13.3. The van der Waals surface area contributed by atoms with Crippen molar-refractivity contribution in [3.05, 3.63) is 24.3 Å². The molecule has 0 aromatic heterocycles. The lowest BCUT2D eigenvalue weighted by Crippen LogP contribution is -2.15. The molecule has 0 aliphatic heterocycles. The molecule has 3 heteroatoms. The lowest BCUT2D eigenvalue weighted by molar-refractivity contribution is -0.144. The summed E-state index contributed by atoms with van der Waals surface area (Å²) in [4.78, 5) is 11.3. The monoisotopic (exact) mass is 364 g/mol. The van der Waals surface area contributed by atoms with Gasteiger partial charge in [-0.1, -0.05) is 76.5 Å². The van der Waals surface area contributed by atoms with Gasteiger partial charge in [0.1, 0.15) is 6.10 Å². The minimum Gasteiger partial charge on any atom is -0.458 e. The molecule has 1 fully saturated rings. The van der Waals surface area contributed by atoms with Crippen molar-refractivity contribution in [2.24, 2.45) is 11.8 Å². The van der Waals surface area contributed by atoms with E-state index in [0.717, 1.165) is 19.3 Å². The molecule has 150 valence electrons. The number of esters is 1. The first-order valence-electron chi connectivity index (χ1n) is 10.8. The van der Waals surface area contributed by atoms with Crippen molar-refractivity contribution >= 4 is 5.97 Å². The molecule has 26 heavy (non-hydrogen) atoms. The number of aliphatic hydroxyl groups excluding tert-OH is 1. The number of unbranched alkanes of at least 4 members (excludes halogenated alkanes) is 5. The van der Waals surface area contributed by atoms with Gasteiger partial charge in [-0.2, -0.15) is 0 Å². The van der Waals surface area contributed by atoms with Crippen molar-refractivity contribution in [3.8, 4) is 0 Å². The van der Waals surface area contributed by atoms with Gasteiger partial charge in [0, 0.05) is 13.5 Å². The number of allylic oxidation sites excluding steroid dienone is 3. The first-order valence-corrected chi connectivity index (χ1v) is 10.8. The highest BCUT2D eigenvalue weighted by Gasteiger charge is 2.20. The summed E-state index contributed by atoms with van der Waals surface area (Å²) in [6, 6.07) is 0. The Morgan fingerprint density at radius 3 is 2.54 bits per heavy atom. The maximum absolute atomic E-state index is 11.3. The Labute approximate surface area is 160 Å². The van der Waals surface area contributed by atoms with Gasteiger partial charge in [0.15, 0.2) is 0 Å². The second-order valence-corrected chi connectivity index (χ2v) is 7.72. The van der Waals surface area contributed by atoms with Crippen LogP contribution in [0.15, 0.2) is 24.3 Å². The van der Waals surface area contributed by atoms with Crippen molar-refractivity contribution in [2.45, 2.75) is 97.0 Å². The van der Waals surface area contributed by atoms with Gasteiger partial charge in [0.05, 0.1) is 0 Å². The molecule has 0 aromatic carbocycles. The van der Waals surface area contributed by atoms with E-state index in [9.17, 15) is 9.90 Å². The van der Waals surface area contributed by atoms with Crippen molar-refractivity contribution in [1.82, 2.24) is 0 Å². The number of carbonyl (C=O) groups is 1. The molecular formula is C23H40O3. The molecule has 1 aliphatic carbocycles. The third-order valence-corrected chi connectivity index (χ3v) is 5.41. The molecule has 3 atom stereocenters. The fraction of sp³-hybridized carbons (Fsp3) is 0.783. The average molecular weight is 365 g/mol. The fourth-order valence-electron chi connectivity index (χ4n) is 3.82. The summed E-state index contributed by atoms with van der Waals surface area (Å²) >= 11 is 0. The fourth-order valence-corrected chi connectivity index (χ4v) is 3.82. The van der Waals surface area contributed by atoms with E-state index in [1.807, 2.05) is 12.2 Å². The van der Waals surface area contributed by atoms with Crippen LogP contribution in [-0.4, -0.2) is 23.8 Å². The first-order chi connectivity index (χ1) is 12.7. The highest BCUT2D eigenvalue weighted by atomic mass is 16.5. The van der Waals surface area contributed by atoms with E-state index in [0.29, 0.717) is 11.8 Å². The molecule has 1 unspecified atom stereocenters. The minimum atomic E-state index is -0.210. The quantitative estimate of drug-likeness (QED) is 0.201. The van der Waals surface area contributed by atoms with Gasteiger partial charge in [0.2, 0.25) is 0 Å². The third kappa shape index (κ3) is 10.8. The van der Waals surface area contributed by atoms with Gasteiger partial charge in [-0.3, -0.25) is 4.79 Å². The van der Waals surface area contributed by atoms with E-state index in [-0.39, 0.29) is 18.7 Å². The van der Waals surface area contributed by atoms with E-state index in [4.69, 9.17) is 4.74 Å². The molecule has 1 aliphatic rings. The molecule has 0 heterocycles. The van der Waals surface area contributed by atoms with Gasteiger partial charge in [-0.25, -0.2) is 0 Å². The van der Waals surface area contributed by atoms with Gasteiger partial charge >= 0.3 is 5.97 Å². The van der Waals surface area contributed by atoms with Crippen LogP contribution in [0.5, 0.6) is 0 Å². The summed E-state index contributed by atoms with van der Waals surface area (Å²) in [5.41, 5.74) is 0. The lowest BCUT2D eigenvalue weighted by atomic mass is 9.88. The van der Waals surface area contributed by atoms with E-state index in [1.54, 1.807) is 0 Å². The SMILES string of the molecule is CCCCCCCCC(C=CC=C[C@H]1CCCCC[C@H]1CO)OC(C)=O. The normalized spacial score (nSPS) is 22.6. The third-order valence-electron chi connectivity index (χ3n) is 5.41. The summed E-state index contributed by atoms with van der Waals surface area (Å²) in [5.74, 6) is 0.658. The predicted molar refractivity (Wildman–Crippen MR) is 109 cm³/mol. The van der Waals surface area contributed by atoms with Crippen LogP contribution in [0.1, 0.15) is 90.9 Å². The van der Waals surface area contributed by atoms with Gasteiger partial charge in [-0.05, 0) is 43.6 Å². The largest absolute Gasteiger partial charge is 0.458 e. The molecule has 1 N–H and O–H groups in total. The smallest absolute Gasteiger partial charge is 0.303 e. The molecule has 0 saturated heterocycles. The zero-order valence-electron chi connectivity index (χ0n) is 17.0. The lowest BCUT2D eigenvalue weighted by Gasteiger charge is -2.19. The number of rotatable bonds is 12. The van der Waals surface area contributed by atoms with E-state index in [1.165, 1.54) is 64.7 Å². The molecule has 0 amide bonds. The van der Waals surface area contributed by atoms with Gasteiger partial charge in [-0.15, -0.1) is 0 Å². The zero-order valence-corrected chi connectivity index (χ0v) is 17.0. The summed E-state index contributed by atoms with van der Waals surface area (Å²) in [7, 11) is 0. The summed E-state index contributed by atoms with van der Waals surface area (Å²) in [6.45, 7) is 4.00. The number of ether oxygens (including phenoxy) is 1. The van der Waals surface area contributed by atoms with Crippen LogP contribution < -0.4 is 0 Å². The Morgan fingerprint density at radius 1 is 1.08 bits per heavy atom. The van der Waals surface area contributed by atoms with E-state index >= 15 is 0 Å². The maximum Gasteiger partial charge on any atom is 0.303 e. The summed E-state index contributed by atoms with van der Waals surface area (Å²) < 4.78 is 5.43. The molecule has 0 spiro atoms. The molecular weight excluding hydrogens is 324 g/mol. The number of aliphatic hydroxyl groups is 1. The van der Waals surface area contributed by atoms with E-state index in [2.05, 4.69) is 19.1 Å². The van der Waals surface area contributed by atoms with Crippen molar-refractivity contribution in [2.75, 3.05) is 6.61 Å². The van der Waals surface area contributed by atoms with Crippen LogP contribution in [0.2, 0.25) is 0 Å². The Morgan fingerprint density at radius 2 is 1.81 bits per heavy atom. The number of hydrogen-bond acceptors (Lipinski definition) is 3. The molecule has 0 aromatic rings. The highest BCUT2D eigenvalue weighted by molar-refractivity contribution is 5.66. The number of carbonyl (C=O) groups excluding carboxylic acids is 1.